The van der Waals surface area contributed by atoms with Crippen LogP contribution in [0.4, 0.5) is 0 Å². The molecule has 0 radical (unpaired) electrons. The van der Waals surface area contributed by atoms with Crippen molar-refractivity contribution in [2.45, 2.75) is 19.4 Å². The van der Waals surface area contributed by atoms with Crippen LogP contribution in [0.5, 0.6) is 0 Å². The van der Waals surface area contributed by atoms with E-state index in [0.717, 1.165) is 10.9 Å². The van der Waals surface area contributed by atoms with Crippen molar-refractivity contribution in [2.24, 2.45) is 5.73 Å². The molecule has 0 aliphatic carbocycles. The molecular weight excluding hydrogens is 274 g/mol. The first kappa shape index (κ1) is 12.3. The Hall–Kier alpha value is -1.12. The number of benzene rings is 2. The molecule has 0 fully saturated rings. The fourth-order valence-electron chi connectivity index (χ4n) is 1.88. The van der Waals surface area contributed by atoms with Crippen molar-refractivity contribution in [3.8, 4) is 0 Å². The Labute approximate surface area is 111 Å². The van der Waals surface area contributed by atoms with Gasteiger partial charge < -0.3 is 5.73 Å². The standard InChI is InChI=1S/C15H16BrN/c1-11-9-13(7-8-14(11)16)15(17)10-12-5-3-2-4-6-12/h2-9,15H,10,17H2,1H3. The third-order valence-electron chi connectivity index (χ3n) is 2.91. The van der Waals surface area contributed by atoms with Crippen LogP contribution in [0, 0.1) is 6.92 Å². The molecule has 0 aliphatic heterocycles. The summed E-state index contributed by atoms with van der Waals surface area (Å²) < 4.78 is 1.13. The lowest BCUT2D eigenvalue weighted by Crippen LogP contribution is -2.13. The summed E-state index contributed by atoms with van der Waals surface area (Å²) in [5.41, 5.74) is 9.93. The molecule has 2 aromatic carbocycles. The summed E-state index contributed by atoms with van der Waals surface area (Å²) in [6.07, 6.45) is 0.877. The smallest absolute Gasteiger partial charge is 0.0335 e. The first-order valence-electron chi connectivity index (χ1n) is 5.72. The van der Waals surface area contributed by atoms with Gasteiger partial charge in [0.2, 0.25) is 0 Å². The van der Waals surface area contributed by atoms with Crippen LogP contribution in [0.15, 0.2) is 53.0 Å². The SMILES string of the molecule is Cc1cc(C(N)Cc2ccccc2)ccc1Br. The lowest BCUT2D eigenvalue weighted by Gasteiger charge is -2.13. The average Bonchev–Trinajstić information content (AvgIpc) is 2.34. The summed E-state index contributed by atoms with van der Waals surface area (Å²) in [7, 11) is 0. The van der Waals surface area contributed by atoms with Crippen molar-refractivity contribution < 1.29 is 0 Å². The van der Waals surface area contributed by atoms with E-state index in [4.69, 9.17) is 5.73 Å². The number of rotatable bonds is 3. The zero-order valence-electron chi connectivity index (χ0n) is 9.86. The van der Waals surface area contributed by atoms with E-state index in [1.165, 1.54) is 16.7 Å². The number of halogens is 1. The van der Waals surface area contributed by atoms with Gasteiger partial charge in [-0.2, -0.15) is 0 Å². The summed E-state index contributed by atoms with van der Waals surface area (Å²) >= 11 is 3.50. The van der Waals surface area contributed by atoms with Gasteiger partial charge >= 0.3 is 0 Å². The Bertz CT molecular complexity index is 494. The largest absolute Gasteiger partial charge is 0.324 e. The summed E-state index contributed by atoms with van der Waals surface area (Å²) in [5.74, 6) is 0. The summed E-state index contributed by atoms with van der Waals surface area (Å²) in [6, 6.07) is 16.7. The molecule has 0 bridgehead atoms. The minimum Gasteiger partial charge on any atom is -0.324 e. The fraction of sp³-hybridized carbons (Fsp3) is 0.200. The zero-order valence-corrected chi connectivity index (χ0v) is 11.4. The van der Waals surface area contributed by atoms with Crippen molar-refractivity contribution in [2.75, 3.05) is 0 Å². The molecule has 0 saturated heterocycles. The molecule has 2 aromatic rings. The van der Waals surface area contributed by atoms with Crippen LogP contribution in [0.1, 0.15) is 22.7 Å². The van der Waals surface area contributed by atoms with E-state index >= 15 is 0 Å². The maximum atomic E-state index is 6.23. The van der Waals surface area contributed by atoms with Crippen LogP contribution in [0.3, 0.4) is 0 Å². The first-order valence-corrected chi connectivity index (χ1v) is 6.51. The van der Waals surface area contributed by atoms with Crippen LogP contribution >= 0.6 is 15.9 Å². The Morgan fingerprint density at radius 2 is 1.82 bits per heavy atom. The van der Waals surface area contributed by atoms with E-state index in [-0.39, 0.29) is 6.04 Å². The van der Waals surface area contributed by atoms with E-state index in [1.807, 2.05) is 6.07 Å². The van der Waals surface area contributed by atoms with Gasteiger partial charge in [0.15, 0.2) is 0 Å². The van der Waals surface area contributed by atoms with Gasteiger partial charge in [0.25, 0.3) is 0 Å². The molecule has 1 atom stereocenters. The van der Waals surface area contributed by atoms with E-state index in [2.05, 4.69) is 65.3 Å². The third-order valence-corrected chi connectivity index (χ3v) is 3.80. The van der Waals surface area contributed by atoms with Crippen LogP contribution in [0.2, 0.25) is 0 Å². The molecule has 1 unspecified atom stereocenters. The second kappa shape index (κ2) is 5.48. The molecule has 0 saturated carbocycles. The quantitative estimate of drug-likeness (QED) is 0.908. The highest BCUT2D eigenvalue weighted by molar-refractivity contribution is 9.10. The van der Waals surface area contributed by atoms with Gasteiger partial charge in [0.05, 0.1) is 0 Å². The van der Waals surface area contributed by atoms with Gasteiger partial charge in [-0.25, -0.2) is 0 Å². The van der Waals surface area contributed by atoms with E-state index in [0.29, 0.717) is 0 Å². The highest BCUT2D eigenvalue weighted by atomic mass is 79.9. The Morgan fingerprint density at radius 3 is 2.47 bits per heavy atom. The van der Waals surface area contributed by atoms with E-state index in [9.17, 15) is 0 Å². The second-order valence-corrected chi connectivity index (χ2v) is 5.16. The monoisotopic (exact) mass is 289 g/mol. The number of hydrogen-bond acceptors (Lipinski definition) is 1. The molecule has 1 nitrogen and oxygen atoms in total. The highest BCUT2D eigenvalue weighted by Gasteiger charge is 2.08. The number of nitrogens with two attached hydrogens (primary N) is 1. The first-order chi connectivity index (χ1) is 8.16. The molecule has 88 valence electrons. The molecule has 0 aliphatic rings. The van der Waals surface area contributed by atoms with Gasteiger partial charge in [0.1, 0.15) is 0 Å². The second-order valence-electron chi connectivity index (χ2n) is 4.30. The summed E-state index contributed by atoms with van der Waals surface area (Å²) in [4.78, 5) is 0. The molecule has 2 N–H and O–H groups in total. The molecule has 0 spiro atoms. The maximum Gasteiger partial charge on any atom is 0.0335 e. The van der Waals surface area contributed by atoms with Gasteiger partial charge in [-0.3, -0.25) is 0 Å². The van der Waals surface area contributed by atoms with Crippen molar-refractivity contribution in [3.05, 3.63) is 69.7 Å². The lowest BCUT2D eigenvalue weighted by molar-refractivity contribution is 0.721. The summed E-state index contributed by atoms with van der Waals surface area (Å²) in [5, 5.41) is 0. The van der Waals surface area contributed by atoms with Gasteiger partial charge in [-0.15, -0.1) is 0 Å². The molecule has 17 heavy (non-hydrogen) atoms. The predicted molar refractivity (Wildman–Crippen MR) is 76.0 cm³/mol. The minimum atomic E-state index is 0.0594. The fourth-order valence-corrected chi connectivity index (χ4v) is 2.13. The van der Waals surface area contributed by atoms with Crippen molar-refractivity contribution in [1.82, 2.24) is 0 Å². The molecule has 2 rings (SSSR count). The van der Waals surface area contributed by atoms with Crippen molar-refractivity contribution >= 4 is 15.9 Å². The average molecular weight is 290 g/mol. The number of hydrogen-bond donors (Lipinski definition) is 1. The maximum absolute atomic E-state index is 6.23. The Kier molecular flexibility index (Phi) is 3.97. The topological polar surface area (TPSA) is 26.0 Å². The Morgan fingerprint density at radius 1 is 1.12 bits per heavy atom. The van der Waals surface area contributed by atoms with Crippen LogP contribution in [0.25, 0.3) is 0 Å². The Balaban J connectivity index is 2.14. The van der Waals surface area contributed by atoms with Crippen LogP contribution in [-0.4, -0.2) is 0 Å². The minimum absolute atomic E-state index is 0.0594. The van der Waals surface area contributed by atoms with E-state index < -0.39 is 0 Å². The molecule has 0 heterocycles. The van der Waals surface area contributed by atoms with Crippen molar-refractivity contribution in [1.29, 1.82) is 0 Å². The lowest BCUT2D eigenvalue weighted by atomic mass is 9.98. The van der Waals surface area contributed by atoms with Crippen LogP contribution < -0.4 is 5.73 Å². The van der Waals surface area contributed by atoms with Gasteiger partial charge in [0, 0.05) is 10.5 Å². The molecular formula is C15H16BrN. The van der Waals surface area contributed by atoms with Gasteiger partial charge in [-0.05, 0) is 36.1 Å². The molecule has 2 heteroatoms. The third kappa shape index (κ3) is 3.18. The molecule has 0 amide bonds. The van der Waals surface area contributed by atoms with Crippen LogP contribution in [-0.2, 0) is 6.42 Å². The van der Waals surface area contributed by atoms with Crippen molar-refractivity contribution in [3.63, 3.8) is 0 Å². The number of aryl methyl sites for hydroxylation is 1. The molecule has 0 aromatic heterocycles. The van der Waals surface area contributed by atoms with Gasteiger partial charge in [-0.1, -0.05) is 58.4 Å². The highest BCUT2D eigenvalue weighted by Crippen LogP contribution is 2.22. The normalized spacial score (nSPS) is 12.4. The predicted octanol–water partition coefficient (Wildman–Crippen LogP) is 4.00. The van der Waals surface area contributed by atoms with E-state index in [1.54, 1.807) is 0 Å². The summed E-state index contributed by atoms with van der Waals surface area (Å²) in [6.45, 7) is 2.09. The zero-order chi connectivity index (χ0) is 12.3.